The van der Waals surface area contributed by atoms with Gasteiger partial charge < -0.3 is 11.1 Å². The molecule has 0 saturated heterocycles. The monoisotopic (exact) mass is 202 g/mol. The van der Waals surface area contributed by atoms with Crippen LogP contribution in [-0.2, 0) is 4.79 Å². The number of carbonyl (C=O) groups excluding carboxylic acids is 1. The standard InChI is InChI=1S/C12H14N2O/c1-3-4-12(15)14-9(2)10-5-7-11(13)8-6-10/h1,5-9H,4,13H2,2H3,(H,14,15). The maximum Gasteiger partial charge on any atom is 0.232 e. The first kappa shape index (κ1) is 11.1. The number of terminal acetylenes is 1. The molecule has 0 bridgehead atoms. The third-order valence-corrected chi connectivity index (χ3v) is 2.08. The lowest BCUT2D eigenvalue weighted by Gasteiger charge is -2.13. The quantitative estimate of drug-likeness (QED) is 0.576. The number of nitrogens with one attached hydrogen (secondary N) is 1. The van der Waals surface area contributed by atoms with E-state index in [1.807, 2.05) is 19.1 Å². The topological polar surface area (TPSA) is 55.1 Å². The van der Waals surface area contributed by atoms with Gasteiger partial charge in [0, 0.05) is 5.69 Å². The van der Waals surface area contributed by atoms with E-state index in [-0.39, 0.29) is 18.4 Å². The summed E-state index contributed by atoms with van der Waals surface area (Å²) in [6.07, 6.45) is 5.15. The molecule has 1 aromatic rings. The maximum atomic E-state index is 11.2. The van der Waals surface area contributed by atoms with Crippen LogP contribution in [0.2, 0.25) is 0 Å². The van der Waals surface area contributed by atoms with Gasteiger partial charge in [0.2, 0.25) is 5.91 Å². The van der Waals surface area contributed by atoms with Gasteiger partial charge in [0.25, 0.3) is 0 Å². The van der Waals surface area contributed by atoms with Crippen LogP contribution in [0.5, 0.6) is 0 Å². The highest BCUT2D eigenvalue weighted by Crippen LogP contribution is 2.13. The van der Waals surface area contributed by atoms with Crippen LogP contribution in [0.4, 0.5) is 5.69 Å². The summed E-state index contributed by atoms with van der Waals surface area (Å²) in [6, 6.07) is 7.33. The predicted molar refractivity (Wildman–Crippen MR) is 60.9 cm³/mol. The molecule has 0 fully saturated rings. The van der Waals surface area contributed by atoms with Crippen molar-refractivity contribution >= 4 is 11.6 Å². The molecule has 1 atom stereocenters. The Balaban J connectivity index is 2.61. The molecule has 1 unspecified atom stereocenters. The van der Waals surface area contributed by atoms with Gasteiger partial charge in [-0.1, -0.05) is 18.1 Å². The summed E-state index contributed by atoms with van der Waals surface area (Å²) >= 11 is 0. The summed E-state index contributed by atoms with van der Waals surface area (Å²) in [6.45, 7) is 1.90. The fourth-order valence-electron chi connectivity index (χ4n) is 1.25. The van der Waals surface area contributed by atoms with Gasteiger partial charge in [-0.15, -0.1) is 6.42 Å². The number of hydrogen-bond acceptors (Lipinski definition) is 2. The van der Waals surface area contributed by atoms with Gasteiger partial charge in [-0.3, -0.25) is 4.79 Å². The van der Waals surface area contributed by atoms with Crippen molar-refractivity contribution in [1.82, 2.24) is 5.32 Å². The van der Waals surface area contributed by atoms with Gasteiger partial charge in [0.05, 0.1) is 12.5 Å². The number of rotatable bonds is 3. The van der Waals surface area contributed by atoms with Crippen LogP contribution in [0.1, 0.15) is 24.9 Å². The predicted octanol–water partition coefficient (Wildman–Crippen LogP) is 1.47. The number of anilines is 1. The van der Waals surface area contributed by atoms with E-state index >= 15 is 0 Å². The Morgan fingerprint density at radius 1 is 1.53 bits per heavy atom. The normalized spacial score (nSPS) is 11.5. The molecule has 0 aliphatic rings. The van der Waals surface area contributed by atoms with Crippen LogP contribution in [-0.4, -0.2) is 5.91 Å². The first-order valence-electron chi connectivity index (χ1n) is 4.71. The molecular formula is C12H14N2O. The van der Waals surface area contributed by atoms with E-state index in [0.29, 0.717) is 5.69 Å². The minimum absolute atomic E-state index is 0.0496. The molecule has 3 heteroatoms. The van der Waals surface area contributed by atoms with Crippen molar-refractivity contribution in [2.24, 2.45) is 0 Å². The highest BCUT2D eigenvalue weighted by Gasteiger charge is 2.07. The van der Waals surface area contributed by atoms with Crippen molar-refractivity contribution in [2.75, 3.05) is 5.73 Å². The maximum absolute atomic E-state index is 11.2. The highest BCUT2D eigenvalue weighted by molar-refractivity contribution is 5.78. The zero-order valence-electron chi connectivity index (χ0n) is 8.66. The SMILES string of the molecule is C#CCC(=O)NC(C)c1ccc(N)cc1. The van der Waals surface area contributed by atoms with Crippen molar-refractivity contribution in [3.8, 4) is 12.3 Å². The second-order valence-electron chi connectivity index (χ2n) is 3.34. The molecule has 1 aromatic carbocycles. The van der Waals surface area contributed by atoms with Crippen LogP contribution in [0.25, 0.3) is 0 Å². The molecule has 0 aliphatic carbocycles. The molecule has 1 amide bonds. The van der Waals surface area contributed by atoms with E-state index in [1.165, 1.54) is 0 Å². The third-order valence-electron chi connectivity index (χ3n) is 2.08. The van der Waals surface area contributed by atoms with Crippen molar-refractivity contribution in [3.05, 3.63) is 29.8 Å². The number of hydrogen-bond donors (Lipinski definition) is 2. The molecule has 78 valence electrons. The van der Waals surface area contributed by atoms with E-state index in [2.05, 4.69) is 11.2 Å². The van der Waals surface area contributed by atoms with E-state index in [0.717, 1.165) is 5.56 Å². The smallest absolute Gasteiger partial charge is 0.232 e. The van der Waals surface area contributed by atoms with Crippen LogP contribution in [0.15, 0.2) is 24.3 Å². The van der Waals surface area contributed by atoms with Crippen molar-refractivity contribution in [2.45, 2.75) is 19.4 Å². The number of amides is 1. The molecule has 0 saturated carbocycles. The molecule has 0 aromatic heterocycles. The summed E-state index contributed by atoms with van der Waals surface area (Å²) < 4.78 is 0. The summed E-state index contributed by atoms with van der Waals surface area (Å²) in [4.78, 5) is 11.2. The zero-order valence-corrected chi connectivity index (χ0v) is 8.66. The summed E-state index contributed by atoms with van der Waals surface area (Å²) in [5.74, 6) is 2.16. The van der Waals surface area contributed by atoms with Crippen molar-refractivity contribution in [3.63, 3.8) is 0 Å². The number of carbonyl (C=O) groups is 1. The number of nitrogen functional groups attached to an aromatic ring is 1. The Hall–Kier alpha value is -1.95. The molecule has 3 N–H and O–H groups in total. The molecule has 15 heavy (non-hydrogen) atoms. The van der Waals surface area contributed by atoms with E-state index in [1.54, 1.807) is 12.1 Å². The lowest BCUT2D eigenvalue weighted by Crippen LogP contribution is -2.25. The molecule has 1 rings (SSSR count). The Morgan fingerprint density at radius 2 is 2.13 bits per heavy atom. The minimum Gasteiger partial charge on any atom is -0.399 e. The average molecular weight is 202 g/mol. The fourth-order valence-corrected chi connectivity index (χ4v) is 1.25. The number of nitrogens with two attached hydrogens (primary N) is 1. The lowest BCUT2D eigenvalue weighted by atomic mass is 10.1. The van der Waals surface area contributed by atoms with Crippen LogP contribution in [0.3, 0.4) is 0 Å². The van der Waals surface area contributed by atoms with Gasteiger partial charge in [0.1, 0.15) is 0 Å². The summed E-state index contributed by atoms with van der Waals surface area (Å²) in [5.41, 5.74) is 7.28. The Labute approximate surface area is 89.7 Å². The Morgan fingerprint density at radius 3 is 2.67 bits per heavy atom. The van der Waals surface area contributed by atoms with E-state index in [9.17, 15) is 4.79 Å². The van der Waals surface area contributed by atoms with Gasteiger partial charge in [-0.2, -0.15) is 0 Å². The van der Waals surface area contributed by atoms with Gasteiger partial charge in [-0.25, -0.2) is 0 Å². The Bertz CT molecular complexity index is 376. The second-order valence-corrected chi connectivity index (χ2v) is 3.34. The zero-order chi connectivity index (χ0) is 11.3. The van der Waals surface area contributed by atoms with Crippen molar-refractivity contribution < 1.29 is 4.79 Å². The first-order valence-corrected chi connectivity index (χ1v) is 4.71. The fraction of sp³-hybridized carbons (Fsp3) is 0.250. The largest absolute Gasteiger partial charge is 0.399 e. The second kappa shape index (κ2) is 5.06. The van der Waals surface area contributed by atoms with Crippen LogP contribution in [0, 0.1) is 12.3 Å². The molecule has 3 nitrogen and oxygen atoms in total. The number of benzene rings is 1. The van der Waals surface area contributed by atoms with Gasteiger partial charge >= 0.3 is 0 Å². The average Bonchev–Trinajstić information content (AvgIpc) is 2.18. The third kappa shape index (κ3) is 3.35. The first-order chi connectivity index (χ1) is 7.13. The Kier molecular flexibility index (Phi) is 3.75. The molecular weight excluding hydrogens is 188 g/mol. The summed E-state index contributed by atoms with van der Waals surface area (Å²) in [7, 11) is 0. The van der Waals surface area contributed by atoms with Gasteiger partial charge in [-0.05, 0) is 24.6 Å². The molecule has 0 heterocycles. The minimum atomic E-state index is -0.137. The lowest BCUT2D eigenvalue weighted by molar-refractivity contribution is -0.120. The highest BCUT2D eigenvalue weighted by atomic mass is 16.1. The van der Waals surface area contributed by atoms with Crippen LogP contribution < -0.4 is 11.1 Å². The molecule has 0 spiro atoms. The van der Waals surface area contributed by atoms with E-state index in [4.69, 9.17) is 12.2 Å². The van der Waals surface area contributed by atoms with Gasteiger partial charge in [0.15, 0.2) is 0 Å². The van der Waals surface area contributed by atoms with E-state index < -0.39 is 0 Å². The molecule has 0 aliphatic heterocycles. The molecule has 0 radical (unpaired) electrons. The van der Waals surface area contributed by atoms with Crippen LogP contribution >= 0.6 is 0 Å². The summed E-state index contributed by atoms with van der Waals surface area (Å²) in [5, 5.41) is 2.79. The van der Waals surface area contributed by atoms with Crippen molar-refractivity contribution in [1.29, 1.82) is 0 Å².